The van der Waals surface area contributed by atoms with Crippen LogP contribution >= 0.6 is 11.8 Å². The van der Waals surface area contributed by atoms with E-state index in [1.54, 1.807) is 0 Å². The number of thioether (sulfide) groups is 1. The van der Waals surface area contributed by atoms with E-state index in [1.807, 2.05) is 17.8 Å². The lowest BCUT2D eigenvalue weighted by Gasteiger charge is -2.18. The summed E-state index contributed by atoms with van der Waals surface area (Å²) >= 11 is 1.92. The zero-order valence-electron chi connectivity index (χ0n) is 9.15. The lowest BCUT2D eigenvalue weighted by atomic mass is 10.1. The zero-order chi connectivity index (χ0) is 11.2. The molecule has 1 fully saturated rings. The van der Waals surface area contributed by atoms with Crippen molar-refractivity contribution in [1.82, 2.24) is 16.4 Å². The molecule has 16 heavy (non-hydrogen) atoms. The highest BCUT2D eigenvalue weighted by Gasteiger charge is 2.20. The molecule has 0 spiro atoms. The first-order chi connectivity index (χ1) is 7.90. The number of hydrogen-bond acceptors (Lipinski definition) is 4. The molecule has 0 aromatic heterocycles. The third-order valence-corrected chi connectivity index (χ3v) is 3.90. The minimum atomic E-state index is 0.408. The summed E-state index contributed by atoms with van der Waals surface area (Å²) in [5.74, 6) is 0. The van der Waals surface area contributed by atoms with Crippen molar-refractivity contribution in [3.8, 4) is 0 Å². The van der Waals surface area contributed by atoms with E-state index in [0.717, 1.165) is 13.0 Å². The van der Waals surface area contributed by atoms with E-state index in [-0.39, 0.29) is 0 Å². The summed E-state index contributed by atoms with van der Waals surface area (Å²) in [5, 5.41) is 0.878. The monoisotopic (exact) mass is 235 g/mol. The summed E-state index contributed by atoms with van der Waals surface area (Å²) in [5.41, 5.74) is 10.5. The Balaban J connectivity index is 2.01. The van der Waals surface area contributed by atoms with E-state index >= 15 is 0 Å². The van der Waals surface area contributed by atoms with Gasteiger partial charge in [-0.2, -0.15) is 5.53 Å². The molecule has 2 rings (SSSR count). The van der Waals surface area contributed by atoms with Gasteiger partial charge in [0.1, 0.15) is 0 Å². The Kier molecular flexibility index (Phi) is 4.42. The first kappa shape index (κ1) is 11.7. The highest BCUT2D eigenvalue weighted by molar-refractivity contribution is 8.00. The summed E-state index contributed by atoms with van der Waals surface area (Å²) in [7, 11) is 0. The maximum Gasteiger partial charge on any atom is 0.0823 e. The maximum absolute atomic E-state index is 3.84. The Morgan fingerprint density at radius 3 is 2.88 bits per heavy atom. The van der Waals surface area contributed by atoms with Crippen LogP contribution in [-0.2, 0) is 0 Å². The fourth-order valence-electron chi connectivity index (χ4n) is 1.70. The second kappa shape index (κ2) is 6.06. The summed E-state index contributed by atoms with van der Waals surface area (Å²) in [4.78, 5) is 0. The molecule has 0 radical (unpaired) electrons. The van der Waals surface area contributed by atoms with E-state index in [1.165, 1.54) is 5.56 Å². The van der Waals surface area contributed by atoms with Gasteiger partial charge in [-0.25, -0.2) is 10.9 Å². The average molecular weight is 235 g/mol. The van der Waals surface area contributed by atoms with Gasteiger partial charge in [0.25, 0.3) is 0 Å². The minimum absolute atomic E-state index is 0.408. The van der Waals surface area contributed by atoms with Crippen LogP contribution in [0.2, 0.25) is 0 Å². The molecule has 3 N–H and O–H groups in total. The van der Waals surface area contributed by atoms with Gasteiger partial charge in [0.2, 0.25) is 0 Å². The predicted octanol–water partition coefficient (Wildman–Crippen LogP) is 1.98. The zero-order valence-corrected chi connectivity index (χ0v) is 9.96. The third-order valence-electron chi connectivity index (χ3n) is 2.49. The van der Waals surface area contributed by atoms with E-state index < -0.39 is 0 Å². The van der Waals surface area contributed by atoms with Gasteiger partial charge in [-0.1, -0.05) is 36.4 Å². The maximum atomic E-state index is 3.84. The molecule has 1 aliphatic heterocycles. The first-order valence-corrected chi connectivity index (χ1v) is 6.39. The van der Waals surface area contributed by atoms with Crippen LogP contribution in [0.3, 0.4) is 0 Å². The van der Waals surface area contributed by atoms with Crippen LogP contribution in [0.5, 0.6) is 0 Å². The molecule has 4 heteroatoms. The van der Waals surface area contributed by atoms with Crippen LogP contribution in [0, 0.1) is 0 Å². The molecule has 1 aromatic carbocycles. The van der Waals surface area contributed by atoms with Crippen molar-refractivity contribution in [3.63, 3.8) is 0 Å². The van der Waals surface area contributed by atoms with Crippen LogP contribution in [0.25, 0.3) is 0 Å². The Morgan fingerprint density at radius 2 is 2.25 bits per heavy atom. The lowest BCUT2D eigenvalue weighted by molar-refractivity contribution is 0.586. The quantitative estimate of drug-likeness (QED) is 0.682. The van der Waals surface area contributed by atoms with Crippen molar-refractivity contribution in [2.75, 3.05) is 6.54 Å². The van der Waals surface area contributed by atoms with Gasteiger partial charge in [-0.05, 0) is 12.0 Å². The highest BCUT2D eigenvalue weighted by atomic mass is 32.2. The van der Waals surface area contributed by atoms with E-state index in [9.17, 15) is 0 Å². The summed E-state index contributed by atoms with van der Waals surface area (Å²) < 4.78 is 0. The molecule has 0 amide bonds. The topological polar surface area (TPSA) is 36.1 Å². The molecule has 1 heterocycles. The Morgan fingerprint density at radius 1 is 1.44 bits per heavy atom. The second-order valence-corrected chi connectivity index (χ2v) is 5.11. The van der Waals surface area contributed by atoms with E-state index in [2.05, 4.69) is 53.3 Å². The minimum Gasteiger partial charge on any atom is -0.242 e. The Bertz CT molecular complexity index is 322. The van der Waals surface area contributed by atoms with Gasteiger partial charge in [0.15, 0.2) is 0 Å². The molecule has 1 aromatic rings. The molecule has 0 aliphatic carbocycles. The van der Waals surface area contributed by atoms with Gasteiger partial charge >= 0.3 is 0 Å². The standard InChI is InChI=1S/C12H17N3S/c1-2-6-11(10-7-4-3-5-8-10)16-12-9-13-15-14-12/h2-5,7-8,11-15H,1,6,9H2. The van der Waals surface area contributed by atoms with E-state index in [0.29, 0.717) is 10.6 Å². The van der Waals surface area contributed by atoms with Crippen molar-refractivity contribution >= 4 is 11.8 Å². The second-order valence-electron chi connectivity index (χ2n) is 3.70. The number of nitrogens with one attached hydrogen (secondary N) is 3. The summed E-state index contributed by atoms with van der Waals surface area (Å²) in [6.07, 6.45) is 2.98. The average Bonchev–Trinajstić information content (AvgIpc) is 2.83. The van der Waals surface area contributed by atoms with Gasteiger partial charge in [0.05, 0.1) is 5.37 Å². The van der Waals surface area contributed by atoms with Crippen LogP contribution in [0.15, 0.2) is 43.0 Å². The molecule has 3 nitrogen and oxygen atoms in total. The first-order valence-electron chi connectivity index (χ1n) is 5.45. The van der Waals surface area contributed by atoms with Gasteiger partial charge in [-0.3, -0.25) is 0 Å². The molecule has 2 unspecified atom stereocenters. The fourth-order valence-corrected chi connectivity index (χ4v) is 2.96. The van der Waals surface area contributed by atoms with Crippen LogP contribution in [0.1, 0.15) is 17.2 Å². The van der Waals surface area contributed by atoms with Crippen molar-refractivity contribution in [1.29, 1.82) is 0 Å². The SMILES string of the molecule is C=CCC(SC1CNNN1)c1ccccc1. The van der Waals surface area contributed by atoms with Crippen LogP contribution in [0.4, 0.5) is 0 Å². The van der Waals surface area contributed by atoms with Crippen LogP contribution in [-0.4, -0.2) is 11.9 Å². The number of hydrazine groups is 2. The highest BCUT2D eigenvalue weighted by Crippen LogP contribution is 2.34. The molecule has 1 aliphatic rings. The largest absolute Gasteiger partial charge is 0.242 e. The van der Waals surface area contributed by atoms with E-state index in [4.69, 9.17) is 0 Å². The smallest absolute Gasteiger partial charge is 0.0823 e. The Hall–Kier alpha value is -0.810. The number of allylic oxidation sites excluding steroid dienone is 1. The summed E-state index contributed by atoms with van der Waals surface area (Å²) in [6, 6.07) is 10.6. The molecule has 1 saturated heterocycles. The number of benzene rings is 1. The lowest BCUT2D eigenvalue weighted by Crippen LogP contribution is -2.32. The molecule has 0 saturated carbocycles. The van der Waals surface area contributed by atoms with Crippen molar-refractivity contribution < 1.29 is 0 Å². The van der Waals surface area contributed by atoms with Gasteiger partial charge in [-0.15, -0.1) is 18.3 Å². The normalized spacial score (nSPS) is 21.9. The molecular weight excluding hydrogens is 218 g/mol. The molecular formula is C12H17N3S. The predicted molar refractivity (Wildman–Crippen MR) is 69.7 cm³/mol. The number of hydrogen-bond donors (Lipinski definition) is 3. The van der Waals surface area contributed by atoms with Gasteiger partial charge in [0, 0.05) is 11.8 Å². The Labute approximate surface area is 101 Å². The molecule has 2 atom stereocenters. The number of rotatable bonds is 5. The molecule has 86 valence electrons. The van der Waals surface area contributed by atoms with Crippen LogP contribution < -0.4 is 16.4 Å². The van der Waals surface area contributed by atoms with Crippen molar-refractivity contribution in [3.05, 3.63) is 48.6 Å². The fraction of sp³-hybridized carbons (Fsp3) is 0.333. The molecule has 0 bridgehead atoms. The third kappa shape index (κ3) is 3.09. The van der Waals surface area contributed by atoms with Crippen molar-refractivity contribution in [2.45, 2.75) is 17.0 Å². The van der Waals surface area contributed by atoms with Crippen molar-refractivity contribution in [2.24, 2.45) is 0 Å². The van der Waals surface area contributed by atoms with Gasteiger partial charge < -0.3 is 0 Å². The summed E-state index contributed by atoms with van der Waals surface area (Å²) in [6.45, 7) is 4.77.